The normalized spacial score (nSPS) is 10.6. The topological polar surface area (TPSA) is 92.6 Å². The van der Waals surface area contributed by atoms with Crippen molar-refractivity contribution in [1.82, 2.24) is 0 Å². The van der Waals surface area contributed by atoms with Gasteiger partial charge >= 0.3 is 0 Å². The number of aromatic nitrogens is 1. The maximum Gasteiger partial charge on any atom is 0.210 e. The van der Waals surface area contributed by atoms with E-state index in [9.17, 15) is 13.0 Å². The highest BCUT2D eigenvalue weighted by Crippen LogP contribution is 2.12. The zero-order valence-corrected chi connectivity index (χ0v) is 19.9. The molecular formula is C25H41NO4S. The summed E-state index contributed by atoms with van der Waals surface area (Å²) in [6, 6.07) is 16.3. The van der Waals surface area contributed by atoms with Crippen LogP contribution in [0.25, 0.3) is 5.69 Å². The lowest BCUT2D eigenvalue weighted by Gasteiger charge is -2.06. The molecule has 2 rings (SSSR count). The predicted molar refractivity (Wildman–Crippen MR) is 127 cm³/mol. The van der Waals surface area contributed by atoms with E-state index in [1.807, 2.05) is 48.8 Å². The van der Waals surface area contributed by atoms with Crippen LogP contribution in [0.1, 0.15) is 84.0 Å². The van der Waals surface area contributed by atoms with Gasteiger partial charge in [-0.3, -0.25) is 0 Å². The number of pyridine rings is 1. The Bertz CT molecular complexity index is 699. The number of benzene rings is 1. The third-order valence-corrected chi connectivity index (χ3v) is 5.81. The van der Waals surface area contributed by atoms with E-state index >= 15 is 0 Å². The van der Waals surface area contributed by atoms with E-state index in [0.29, 0.717) is 6.42 Å². The van der Waals surface area contributed by atoms with Crippen LogP contribution in [-0.4, -0.2) is 24.2 Å². The molecule has 0 aliphatic heterocycles. The van der Waals surface area contributed by atoms with E-state index in [1.54, 1.807) is 0 Å². The Morgan fingerprint density at radius 1 is 0.677 bits per heavy atom. The minimum absolute atomic E-state index is 0. The van der Waals surface area contributed by atoms with Crippen LogP contribution >= 0.6 is 0 Å². The minimum atomic E-state index is -3.99. The molecule has 1 heterocycles. The van der Waals surface area contributed by atoms with Gasteiger partial charge in [-0.05, 0) is 6.42 Å². The van der Waals surface area contributed by atoms with E-state index < -0.39 is 10.1 Å². The minimum Gasteiger partial charge on any atom is -0.748 e. The second-order valence-corrected chi connectivity index (χ2v) is 9.29. The molecule has 1 aromatic carbocycles. The molecule has 31 heavy (non-hydrogen) atoms. The summed E-state index contributed by atoms with van der Waals surface area (Å²) in [6.45, 7) is 2.23. The number of hydrogen-bond donors (Lipinski definition) is 0. The molecule has 0 unspecified atom stereocenters. The van der Waals surface area contributed by atoms with E-state index in [4.69, 9.17) is 0 Å². The van der Waals surface area contributed by atoms with E-state index in [-0.39, 0.29) is 11.2 Å². The molecule has 0 aliphatic carbocycles. The Labute approximate surface area is 189 Å². The summed E-state index contributed by atoms with van der Waals surface area (Å²) in [7, 11) is -3.99. The summed E-state index contributed by atoms with van der Waals surface area (Å²) in [5.41, 5.74) is 1.19. The fraction of sp³-hybridized carbons (Fsp3) is 0.560. The summed E-state index contributed by atoms with van der Waals surface area (Å²) < 4.78 is 33.2. The quantitative estimate of drug-likeness (QED) is 0.219. The van der Waals surface area contributed by atoms with Crippen molar-refractivity contribution in [2.24, 2.45) is 0 Å². The van der Waals surface area contributed by atoms with Crippen LogP contribution in [0.5, 0.6) is 0 Å². The molecule has 0 bridgehead atoms. The predicted octanol–water partition coefficient (Wildman–Crippen LogP) is 5.37. The standard InChI is InChI=1S/C14H30O3S.C11H10N.H2O/c1-2-3-4-5-6-7-8-9-10-11-12-13-14-18(15,16)17;1-3-7-11(8-4-1)12-9-5-2-6-10-12;/h2-14H2,1H3,(H,15,16,17);1-10H;1H2/q;+1;/p-1. The highest BCUT2D eigenvalue weighted by molar-refractivity contribution is 7.85. The van der Waals surface area contributed by atoms with Gasteiger partial charge in [0.1, 0.15) is 0 Å². The van der Waals surface area contributed by atoms with E-state index in [2.05, 4.69) is 23.6 Å². The lowest BCUT2D eigenvalue weighted by molar-refractivity contribution is -0.595. The van der Waals surface area contributed by atoms with E-state index in [1.165, 1.54) is 63.5 Å². The Morgan fingerprint density at radius 3 is 1.55 bits per heavy atom. The van der Waals surface area contributed by atoms with Crippen LogP contribution in [-0.2, 0) is 10.1 Å². The highest BCUT2D eigenvalue weighted by Gasteiger charge is 2.00. The van der Waals surface area contributed by atoms with Crippen molar-refractivity contribution < 1.29 is 23.0 Å². The molecule has 0 radical (unpaired) electrons. The maximum atomic E-state index is 10.4. The van der Waals surface area contributed by atoms with Gasteiger partial charge in [0.2, 0.25) is 5.69 Å². The second kappa shape index (κ2) is 19.0. The number of nitrogens with zero attached hydrogens (tertiary/aromatic N) is 1. The maximum absolute atomic E-state index is 10.4. The number of hydrogen-bond acceptors (Lipinski definition) is 3. The Balaban J connectivity index is 0.000000598. The van der Waals surface area contributed by atoms with Gasteiger partial charge in [-0.25, -0.2) is 8.42 Å². The molecule has 0 aliphatic rings. The molecule has 0 fully saturated rings. The van der Waals surface area contributed by atoms with Gasteiger partial charge in [-0.15, -0.1) is 0 Å². The molecule has 0 spiro atoms. The van der Waals surface area contributed by atoms with Crippen molar-refractivity contribution in [2.75, 3.05) is 5.75 Å². The summed E-state index contributed by atoms with van der Waals surface area (Å²) >= 11 is 0. The zero-order chi connectivity index (χ0) is 21.9. The largest absolute Gasteiger partial charge is 0.748 e. The first-order valence-electron chi connectivity index (χ1n) is 11.5. The molecule has 2 aromatic rings. The number of rotatable bonds is 14. The molecular weight excluding hydrogens is 410 g/mol. The van der Waals surface area contributed by atoms with Crippen LogP contribution in [0.15, 0.2) is 60.9 Å². The average Bonchev–Trinajstić information content (AvgIpc) is 2.75. The monoisotopic (exact) mass is 451 g/mol. The Kier molecular flexibility index (Phi) is 17.9. The summed E-state index contributed by atoms with van der Waals surface area (Å²) in [6.07, 6.45) is 18.4. The van der Waals surface area contributed by atoms with Crippen molar-refractivity contribution in [2.45, 2.75) is 84.0 Å². The molecule has 5 nitrogen and oxygen atoms in total. The van der Waals surface area contributed by atoms with Crippen molar-refractivity contribution in [1.29, 1.82) is 0 Å². The van der Waals surface area contributed by atoms with Crippen LogP contribution in [0.2, 0.25) is 0 Å². The zero-order valence-electron chi connectivity index (χ0n) is 19.0. The first-order valence-corrected chi connectivity index (χ1v) is 13.1. The molecule has 0 saturated heterocycles. The van der Waals surface area contributed by atoms with Crippen molar-refractivity contribution in [3.63, 3.8) is 0 Å². The van der Waals surface area contributed by atoms with Crippen molar-refractivity contribution >= 4 is 10.1 Å². The van der Waals surface area contributed by atoms with Gasteiger partial charge in [-0.2, -0.15) is 4.57 Å². The lowest BCUT2D eigenvalue weighted by atomic mass is 10.1. The van der Waals surface area contributed by atoms with Crippen LogP contribution < -0.4 is 4.57 Å². The molecule has 0 atom stereocenters. The smallest absolute Gasteiger partial charge is 0.210 e. The number of para-hydroxylation sites is 1. The van der Waals surface area contributed by atoms with Crippen molar-refractivity contribution in [3.8, 4) is 5.69 Å². The van der Waals surface area contributed by atoms with Gasteiger partial charge in [0, 0.05) is 30.0 Å². The first kappa shape index (κ1) is 29.2. The van der Waals surface area contributed by atoms with Crippen LogP contribution in [0, 0.1) is 0 Å². The second-order valence-electron chi connectivity index (χ2n) is 7.77. The lowest BCUT2D eigenvalue weighted by Crippen LogP contribution is -2.28. The van der Waals surface area contributed by atoms with E-state index in [0.717, 1.165) is 12.8 Å². The Hall–Kier alpha value is -1.76. The molecule has 1 aromatic heterocycles. The van der Waals surface area contributed by atoms with Gasteiger partial charge in [0.25, 0.3) is 0 Å². The summed E-state index contributed by atoms with van der Waals surface area (Å²) in [5.74, 6) is -0.190. The Morgan fingerprint density at radius 2 is 1.10 bits per heavy atom. The summed E-state index contributed by atoms with van der Waals surface area (Å²) in [5, 5.41) is 0. The molecule has 0 saturated carbocycles. The van der Waals surface area contributed by atoms with Gasteiger partial charge in [-0.1, -0.05) is 102 Å². The van der Waals surface area contributed by atoms with Gasteiger partial charge in [0.05, 0.1) is 10.1 Å². The molecule has 2 N–H and O–H groups in total. The molecule has 0 amide bonds. The molecule has 176 valence electrons. The highest BCUT2D eigenvalue weighted by atomic mass is 32.2. The third-order valence-electron chi connectivity index (χ3n) is 5.02. The SMILES string of the molecule is CCCCCCCCCCCCCCS(=O)(=O)[O-].O.c1ccc(-[n+]2ccccc2)cc1. The van der Waals surface area contributed by atoms with Crippen LogP contribution in [0.3, 0.4) is 0 Å². The average molecular weight is 452 g/mol. The van der Waals surface area contributed by atoms with Gasteiger partial charge < -0.3 is 10.0 Å². The van der Waals surface area contributed by atoms with Crippen LogP contribution in [0.4, 0.5) is 0 Å². The first-order chi connectivity index (χ1) is 14.5. The summed E-state index contributed by atoms with van der Waals surface area (Å²) in [4.78, 5) is 0. The van der Waals surface area contributed by atoms with Crippen molar-refractivity contribution in [3.05, 3.63) is 60.9 Å². The van der Waals surface area contributed by atoms with Gasteiger partial charge in [0.15, 0.2) is 12.4 Å². The molecule has 6 heteroatoms. The fourth-order valence-electron chi connectivity index (χ4n) is 3.29. The third kappa shape index (κ3) is 17.6. The fourth-order valence-corrected chi connectivity index (χ4v) is 3.85. The number of unbranched alkanes of at least 4 members (excludes halogenated alkanes) is 11.